The monoisotopic (exact) mass is 299 g/mol. The third-order valence-corrected chi connectivity index (χ3v) is 3.73. The van der Waals surface area contributed by atoms with Gasteiger partial charge in [-0.05, 0) is 34.4 Å². The second-order valence-corrected chi connectivity index (χ2v) is 5.01. The first kappa shape index (κ1) is 14.3. The molecule has 0 aliphatic heterocycles. The average molecular weight is 299 g/mol. The number of alkyl halides is 1. The van der Waals surface area contributed by atoms with Gasteiger partial charge in [-0.2, -0.15) is 0 Å². The average Bonchev–Trinajstić information content (AvgIpc) is 2.85. The van der Waals surface area contributed by atoms with Crippen LogP contribution in [0.5, 0.6) is 0 Å². The van der Waals surface area contributed by atoms with Crippen LogP contribution in [-0.4, -0.2) is 25.5 Å². The van der Waals surface area contributed by atoms with Gasteiger partial charge < -0.3 is 10.1 Å². The van der Waals surface area contributed by atoms with Gasteiger partial charge in [-0.1, -0.05) is 30.3 Å². The predicted octanol–water partition coefficient (Wildman–Crippen LogP) is 2.63. The summed E-state index contributed by atoms with van der Waals surface area (Å²) in [5.74, 6) is -0.920. The van der Waals surface area contributed by atoms with Crippen molar-refractivity contribution < 1.29 is 18.7 Å². The number of esters is 1. The summed E-state index contributed by atoms with van der Waals surface area (Å²) in [6.45, 7) is -0.200. The van der Waals surface area contributed by atoms with Gasteiger partial charge in [-0.15, -0.1) is 0 Å². The summed E-state index contributed by atoms with van der Waals surface area (Å²) in [6.07, 6.45) is -1.17. The number of methoxy groups -OCH3 is 1. The van der Waals surface area contributed by atoms with Crippen molar-refractivity contribution >= 4 is 11.9 Å². The van der Waals surface area contributed by atoms with Crippen molar-refractivity contribution in [3.05, 3.63) is 59.2 Å². The summed E-state index contributed by atoms with van der Waals surface area (Å²) >= 11 is 0. The van der Waals surface area contributed by atoms with Gasteiger partial charge in [0.15, 0.2) is 6.17 Å². The number of carbonyl (C=O) groups excluding carboxylic acids is 2. The lowest BCUT2D eigenvalue weighted by atomic mass is 10.0. The number of benzene rings is 2. The lowest BCUT2D eigenvalue weighted by Gasteiger charge is -2.07. The summed E-state index contributed by atoms with van der Waals surface area (Å²) in [4.78, 5) is 23.1. The largest absolute Gasteiger partial charge is 0.468 e. The standard InChI is InChI=1S/C17H14FNO3/c1-22-15(20)9-19-17(21)10-6-7-13-14(8-10)11-4-2-3-5-12(11)16(13)18/h2-8,16H,9H2,1H3,(H,19,21). The van der Waals surface area contributed by atoms with E-state index < -0.39 is 18.0 Å². The molecule has 2 aromatic rings. The Balaban J connectivity index is 1.90. The molecule has 5 heteroatoms. The smallest absolute Gasteiger partial charge is 0.325 e. The topological polar surface area (TPSA) is 55.4 Å². The lowest BCUT2D eigenvalue weighted by molar-refractivity contribution is -0.139. The second-order valence-electron chi connectivity index (χ2n) is 5.01. The Morgan fingerprint density at radius 3 is 2.64 bits per heavy atom. The second kappa shape index (κ2) is 5.60. The molecular weight excluding hydrogens is 285 g/mol. The molecule has 4 nitrogen and oxygen atoms in total. The van der Waals surface area contributed by atoms with Crippen molar-refractivity contribution in [1.82, 2.24) is 5.32 Å². The van der Waals surface area contributed by atoms with Gasteiger partial charge in [-0.25, -0.2) is 4.39 Å². The van der Waals surface area contributed by atoms with E-state index in [1.165, 1.54) is 7.11 Å². The molecule has 1 aliphatic carbocycles. The van der Waals surface area contributed by atoms with Crippen molar-refractivity contribution in [3.8, 4) is 11.1 Å². The Bertz CT molecular complexity index is 757. The summed E-state index contributed by atoms with van der Waals surface area (Å²) in [5.41, 5.74) is 3.07. The molecule has 0 heterocycles. The first-order chi connectivity index (χ1) is 10.6. The maximum absolute atomic E-state index is 14.4. The first-order valence-corrected chi connectivity index (χ1v) is 6.84. The SMILES string of the molecule is COC(=O)CNC(=O)c1ccc2c(c1)-c1ccccc1C2F. The van der Waals surface area contributed by atoms with Gasteiger partial charge in [0.1, 0.15) is 6.54 Å². The molecule has 1 N–H and O–H groups in total. The molecule has 1 atom stereocenters. The molecular formula is C17H14FNO3. The lowest BCUT2D eigenvalue weighted by Crippen LogP contribution is -2.30. The van der Waals surface area contributed by atoms with E-state index in [1.807, 2.05) is 12.1 Å². The molecule has 1 aliphatic rings. The number of hydrogen-bond acceptors (Lipinski definition) is 3. The number of nitrogens with one attached hydrogen (secondary N) is 1. The van der Waals surface area contributed by atoms with Crippen LogP contribution in [0, 0.1) is 0 Å². The molecule has 0 radical (unpaired) electrons. The normalized spacial score (nSPS) is 14.9. The maximum Gasteiger partial charge on any atom is 0.325 e. The van der Waals surface area contributed by atoms with Crippen LogP contribution < -0.4 is 5.32 Å². The van der Waals surface area contributed by atoms with Gasteiger partial charge in [0.25, 0.3) is 5.91 Å². The fraction of sp³-hybridized carbons (Fsp3) is 0.176. The molecule has 0 fully saturated rings. The van der Waals surface area contributed by atoms with E-state index in [-0.39, 0.29) is 6.54 Å². The van der Waals surface area contributed by atoms with Crippen LogP contribution in [0.25, 0.3) is 11.1 Å². The minimum absolute atomic E-state index is 0.200. The highest BCUT2D eigenvalue weighted by Crippen LogP contribution is 2.45. The van der Waals surface area contributed by atoms with Crippen LogP contribution in [0.1, 0.15) is 27.7 Å². The minimum Gasteiger partial charge on any atom is -0.468 e. The highest BCUT2D eigenvalue weighted by molar-refractivity contribution is 5.98. The number of amides is 1. The number of hydrogen-bond donors (Lipinski definition) is 1. The quantitative estimate of drug-likeness (QED) is 0.886. The number of carbonyl (C=O) groups is 2. The molecule has 0 saturated heterocycles. The van der Waals surface area contributed by atoms with E-state index in [0.29, 0.717) is 22.3 Å². The van der Waals surface area contributed by atoms with Gasteiger partial charge in [-0.3, -0.25) is 9.59 Å². The van der Waals surface area contributed by atoms with E-state index in [2.05, 4.69) is 10.1 Å². The zero-order chi connectivity index (χ0) is 15.7. The third kappa shape index (κ3) is 2.35. The molecule has 3 rings (SSSR count). The van der Waals surface area contributed by atoms with Crippen molar-refractivity contribution in [1.29, 1.82) is 0 Å². The fourth-order valence-corrected chi connectivity index (χ4v) is 2.61. The molecule has 22 heavy (non-hydrogen) atoms. The molecule has 112 valence electrons. The van der Waals surface area contributed by atoms with Gasteiger partial charge in [0.2, 0.25) is 0 Å². The molecule has 1 amide bonds. The van der Waals surface area contributed by atoms with Crippen LogP contribution >= 0.6 is 0 Å². The number of fused-ring (bicyclic) bond motifs is 3. The summed E-state index contributed by atoms with van der Waals surface area (Å²) in [5, 5.41) is 2.47. The molecule has 0 aromatic heterocycles. The maximum atomic E-state index is 14.4. The Hall–Kier alpha value is -2.69. The minimum atomic E-state index is -1.17. The highest BCUT2D eigenvalue weighted by atomic mass is 19.1. The molecule has 0 bridgehead atoms. The van der Waals surface area contributed by atoms with E-state index in [4.69, 9.17) is 0 Å². The Morgan fingerprint density at radius 1 is 1.14 bits per heavy atom. The predicted molar refractivity (Wildman–Crippen MR) is 79.2 cm³/mol. The number of rotatable bonds is 3. The van der Waals surface area contributed by atoms with Crippen molar-refractivity contribution in [2.24, 2.45) is 0 Å². The zero-order valence-electron chi connectivity index (χ0n) is 11.9. The summed E-state index contributed by atoms with van der Waals surface area (Å²) < 4.78 is 18.8. The zero-order valence-corrected chi connectivity index (χ0v) is 11.9. The van der Waals surface area contributed by atoms with E-state index >= 15 is 0 Å². The van der Waals surface area contributed by atoms with Gasteiger partial charge in [0.05, 0.1) is 7.11 Å². The van der Waals surface area contributed by atoms with Crippen molar-refractivity contribution in [2.75, 3.05) is 13.7 Å². The van der Waals surface area contributed by atoms with Crippen LogP contribution in [0.2, 0.25) is 0 Å². The van der Waals surface area contributed by atoms with Crippen LogP contribution in [-0.2, 0) is 9.53 Å². The van der Waals surface area contributed by atoms with Gasteiger partial charge >= 0.3 is 5.97 Å². The van der Waals surface area contributed by atoms with E-state index in [9.17, 15) is 14.0 Å². The van der Waals surface area contributed by atoms with E-state index in [1.54, 1.807) is 30.3 Å². The Kier molecular flexibility index (Phi) is 3.63. The van der Waals surface area contributed by atoms with Crippen LogP contribution in [0.3, 0.4) is 0 Å². The van der Waals surface area contributed by atoms with E-state index in [0.717, 1.165) is 5.56 Å². The fourth-order valence-electron chi connectivity index (χ4n) is 2.61. The highest BCUT2D eigenvalue weighted by Gasteiger charge is 2.28. The van der Waals surface area contributed by atoms with Crippen LogP contribution in [0.15, 0.2) is 42.5 Å². The summed E-state index contributed by atoms with van der Waals surface area (Å²) in [7, 11) is 1.25. The summed E-state index contributed by atoms with van der Waals surface area (Å²) in [6, 6.07) is 12.0. The molecule has 0 spiro atoms. The van der Waals surface area contributed by atoms with Crippen molar-refractivity contribution in [2.45, 2.75) is 6.17 Å². The molecule has 0 saturated carbocycles. The number of ether oxygens (including phenoxy) is 1. The van der Waals surface area contributed by atoms with Crippen molar-refractivity contribution in [3.63, 3.8) is 0 Å². The Morgan fingerprint density at radius 2 is 1.86 bits per heavy atom. The van der Waals surface area contributed by atoms with Gasteiger partial charge in [0, 0.05) is 5.56 Å². The molecule has 1 unspecified atom stereocenters. The molecule has 2 aromatic carbocycles. The Labute approximate surface area is 126 Å². The first-order valence-electron chi connectivity index (χ1n) is 6.84. The van der Waals surface area contributed by atoms with Crippen LogP contribution in [0.4, 0.5) is 4.39 Å². The number of halogens is 1. The third-order valence-electron chi connectivity index (χ3n) is 3.73.